The maximum absolute atomic E-state index is 12.9. The lowest BCUT2D eigenvalue weighted by Crippen LogP contribution is -2.22. The molecule has 140 valence electrons. The molecule has 0 unspecified atom stereocenters. The van der Waals surface area contributed by atoms with Gasteiger partial charge in [0.15, 0.2) is 0 Å². The van der Waals surface area contributed by atoms with Gasteiger partial charge in [0.1, 0.15) is 11.6 Å². The topological polar surface area (TPSA) is 101 Å². The van der Waals surface area contributed by atoms with Gasteiger partial charge in [0.25, 0.3) is 11.5 Å². The summed E-state index contributed by atoms with van der Waals surface area (Å²) in [5.41, 5.74) is 1.51. The van der Waals surface area contributed by atoms with E-state index in [1.54, 1.807) is 73.9 Å². The van der Waals surface area contributed by atoms with E-state index in [-0.39, 0.29) is 11.1 Å². The molecular formula is C22H15N5O2. The van der Waals surface area contributed by atoms with Crippen molar-refractivity contribution in [3.05, 3.63) is 88.3 Å². The van der Waals surface area contributed by atoms with Crippen molar-refractivity contribution < 1.29 is 4.79 Å². The highest BCUT2D eigenvalue weighted by Gasteiger charge is 2.17. The van der Waals surface area contributed by atoms with Gasteiger partial charge in [-0.3, -0.25) is 14.2 Å². The Hall–Kier alpha value is -4.31. The van der Waals surface area contributed by atoms with Crippen LogP contribution in [-0.4, -0.2) is 20.4 Å². The van der Waals surface area contributed by atoms with E-state index in [0.29, 0.717) is 33.7 Å². The van der Waals surface area contributed by atoms with Crippen molar-refractivity contribution >= 4 is 22.6 Å². The molecule has 0 fully saturated rings. The minimum atomic E-state index is -0.402. The van der Waals surface area contributed by atoms with Crippen LogP contribution in [0.1, 0.15) is 15.9 Å². The number of nitrogens with one attached hydrogen (secondary N) is 1. The third-order valence-electron chi connectivity index (χ3n) is 4.53. The molecular weight excluding hydrogens is 366 g/mol. The van der Waals surface area contributed by atoms with Crippen molar-refractivity contribution in [3.8, 4) is 17.5 Å². The van der Waals surface area contributed by atoms with Crippen LogP contribution in [0.5, 0.6) is 0 Å². The van der Waals surface area contributed by atoms with Gasteiger partial charge in [-0.25, -0.2) is 9.97 Å². The number of nitrogens with zero attached hydrogens (tertiary/aromatic N) is 4. The summed E-state index contributed by atoms with van der Waals surface area (Å²) in [6, 6.07) is 18.9. The smallest absolute Gasteiger partial charge is 0.261 e. The van der Waals surface area contributed by atoms with E-state index in [1.165, 1.54) is 4.57 Å². The van der Waals surface area contributed by atoms with Crippen molar-refractivity contribution in [2.75, 3.05) is 5.32 Å². The molecule has 1 N–H and O–H groups in total. The molecule has 29 heavy (non-hydrogen) atoms. The molecule has 1 amide bonds. The van der Waals surface area contributed by atoms with Crippen LogP contribution in [-0.2, 0) is 7.05 Å². The van der Waals surface area contributed by atoms with Crippen molar-refractivity contribution in [2.24, 2.45) is 7.05 Å². The quantitative estimate of drug-likeness (QED) is 0.588. The molecule has 2 aromatic heterocycles. The van der Waals surface area contributed by atoms with Gasteiger partial charge in [-0.05, 0) is 48.5 Å². The second-order valence-corrected chi connectivity index (χ2v) is 6.36. The Morgan fingerprint density at radius 1 is 1.07 bits per heavy atom. The van der Waals surface area contributed by atoms with Gasteiger partial charge in [0.2, 0.25) is 0 Å². The number of amides is 1. The molecule has 0 aliphatic carbocycles. The van der Waals surface area contributed by atoms with Crippen LogP contribution in [0.2, 0.25) is 0 Å². The highest BCUT2D eigenvalue weighted by Crippen LogP contribution is 2.21. The van der Waals surface area contributed by atoms with E-state index in [1.807, 2.05) is 0 Å². The first kappa shape index (κ1) is 18.1. The highest BCUT2D eigenvalue weighted by atomic mass is 16.2. The molecule has 2 aromatic carbocycles. The number of aromatic nitrogens is 3. The molecule has 0 atom stereocenters. The average molecular weight is 381 g/mol. The molecule has 0 aliphatic heterocycles. The lowest BCUT2D eigenvalue weighted by atomic mass is 10.1. The number of benzene rings is 2. The van der Waals surface area contributed by atoms with Crippen LogP contribution in [0.4, 0.5) is 5.82 Å². The third-order valence-corrected chi connectivity index (χ3v) is 4.53. The molecule has 0 aliphatic rings. The second-order valence-electron chi connectivity index (χ2n) is 6.36. The Morgan fingerprint density at radius 3 is 2.55 bits per heavy atom. The predicted molar refractivity (Wildman–Crippen MR) is 109 cm³/mol. The van der Waals surface area contributed by atoms with Crippen LogP contribution in [0.15, 0.2) is 71.7 Å². The molecule has 7 nitrogen and oxygen atoms in total. The molecule has 0 saturated heterocycles. The van der Waals surface area contributed by atoms with Gasteiger partial charge >= 0.3 is 0 Å². The Labute approximate surface area is 165 Å². The lowest BCUT2D eigenvalue weighted by molar-refractivity contribution is 0.102. The van der Waals surface area contributed by atoms with Crippen LogP contribution in [0.3, 0.4) is 0 Å². The van der Waals surface area contributed by atoms with E-state index in [0.717, 1.165) is 0 Å². The van der Waals surface area contributed by atoms with Gasteiger partial charge in [0, 0.05) is 18.8 Å². The summed E-state index contributed by atoms with van der Waals surface area (Å²) in [6.45, 7) is 0. The van der Waals surface area contributed by atoms with E-state index in [4.69, 9.17) is 5.26 Å². The monoisotopic (exact) mass is 381 g/mol. The number of anilines is 1. The maximum atomic E-state index is 12.9. The highest BCUT2D eigenvalue weighted by molar-refractivity contribution is 6.11. The summed E-state index contributed by atoms with van der Waals surface area (Å²) in [5, 5.41) is 12.1. The zero-order valence-corrected chi connectivity index (χ0v) is 15.5. The molecule has 0 bridgehead atoms. The van der Waals surface area contributed by atoms with E-state index >= 15 is 0 Å². The summed E-state index contributed by atoms with van der Waals surface area (Å²) in [4.78, 5) is 34.4. The minimum absolute atomic E-state index is 0.262. The Morgan fingerprint density at radius 2 is 1.86 bits per heavy atom. The van der Waals surface area contributed by atoms with Gasteiger partial charge in [-0.2, -0.15) is 5.26 Å². The van der Waals surface area contributed by atoms with Gasteiger partial charge in [0.05, 0.1) is 28.1 Å². The first-order valence-electron chi connectivity index (χ1n) is 8.81. The van der Waals surface area contributed by atoms with Crippen molar-refractivity contribution in [3.63, 3.8) is 0 Å². The number of fused-ring (bicyclic) bond motifs is 1. The third kappa shape index (κ3) is 3.35. The molecule has 0 spiro atoms. The SMILES string of the molecule is Cn1c(-c2ccc(C#N)cc2)nc2c(C(=O)Nc3ccccn3)cccc2c1=O. The largest absolute Gasteiger partial charge is 0.306 e. The van der Waals surface area contributed by atoms with Crippen molar-refractivity contribution in [2.45, 2.75) is 0 Å². The van der Waals surface area contributed by atoms with Gasteiger partial charge in [-0.1, -0.05) is 12.1 Å². The summed E-state index contributed by atoms with van der Waals surface area (Å²) in [6.07, 6.45) is 1.58. The average Bonchev–Trinajstić information content (AvgIpc) is 2.76. The summed E-state index contributed by atoms with van der Waals surface area (Å²) in [5.74, 6) is 0.413. The first-order chi connectivity index (χ1) is 14.1. The van der Waals surface area contributed by atoms with Crippen LogP contribution in [0, 0.1) is 11.3 Å². The maximum Gasteiger partial charge on any atom is 0.261 e. The molecule has 4 rings (SSSR count). The standard InChI is InChI=1S/C22H15N5O2/c1-27-20(15-10-8-14(13-23)9-11-15)26-19-16(5-4-6-17(19)22(27)29)21(28)25-18-7-2-3-12-24-18/h2-12H,1H3,(H,24,25,28). The first-order valence-corrected chi connectivity index (χ1v) is 8.81. The molecule has 4 aromatic rings. The number of hydrogen-bond acceptors (Lipinski definition) is 5. The summed E-state index contributed by atoms with van der Waals surface area (Å²) in [7, 11) is 1.63. The van der Waals surface area contributed by atoms with Crippen molar-refractivity contribution in [1.82, 2.24) is 14.5 Å². The molecule has 0 saturated carbocycles. The Balaban J connectivity index is 1.86. The van der Waals surface area contributed by atoms with Gasteiger partial charge < -0.3 is 5.32 Å². The Kier molecular flexibility index (Phi) is 4.59. The fraction of sp³-hybridized carbons (Fsp3) is 0.0455. The number of pyridine rings is 1. The molecule has 0 radical (unpaired) electrons. The number of carbonyl (C=O) groups excluding carboxylic acids is 1. The molecule has 7 heteroatoms. The summed E-state index contributed by atoms with van der Waals surface area (Å²) < 4.78 is 1.43. The predicted octanol–water partition coefficient (Wildman–Crippen LogP) is 3.12. The fourth-order valence-electron chi connectivity index (χ4n) is 3.05. The normalized spacial score (nSPS) is 10.5. The van der Waals surface area contributed by atoms with E-state index < -0.39 is 5.91 Å². The lowest BCUT2D eigenvalue weighted by Gasteiger charge is -2.12. The van der Waals surface area contributed by atoms with Crippen LogP contribution < -0.4 is 10.9 Å². The van der Waals surface area contributed by atoms with E-state index in [2.05, 4.69) is 21.4 Å². The van der Waals surface area contributed by atoms with E-state index in [9.17, 15) is 9.59 Å². The fourth-order valence-corrected chi connectivity index (χ4v) is 3.05. The number of para-hydroxylation sites is 1. The number of carbonyl (C=O) groups is 1. The second kappa shape index (κ2) is 7.37. The van der Waals surface area contributed by atoms with Crippen molar-refractivity contribution in [1.29, 1.82) is 5.26 Å². The molecule has 2 heterocycles. The summed E-state index contributed by atoms with van der Waals surface area (Å²) >= 11 is 0. The number of rotatable bonds is 3. The van der Waals surface area contributed by atoms with Crippen LogP contribution in [0.25, 0.3) is 22.3 Å². The minimum Gasteiger partial charge on any atom is -0.306 e. The Bertz CT molecular complexity index is 1320. The zero-order chi connectivity index (χ0) is 20.4. The van der Waals surface area contributed by atoms with Crippen LogP contribution >= 0.6 is 0 Å². The number of nitriles is 1. The van der Waals surface area contributed by atoms with Gasteiger partial charge in [-0.15, -0.1) is 0 Å². The zero-order valence-electron chi connectivity index (χ0n) is 15.5. The number of hydrogen-bond donors (Lipinski definition) is 1.